The third-order valence-electron chi connectivity index (χ3n) is 3.47. The molecule has 0 saturated heterocycles. The molecule has 0 radical (unpaired) electrons. The summed E-state index contributed by atoms with van der Waals surface area (Å²) in [6.45, 7) is 2.04. The van der Waals surface area contributed by atoms with Crippen LogP contribution in [0.15, 0.2) is 53.2 Å². The third-order valence-corrected chi connectivity index (χ3v) is 3.47. The molecule has 0 fully saturated rings. The maximum atomic E-state index is 5.96. The molecule has 0 spiro atoms. The van der Waals surface area contributed by atoms with Gasteiger partial charge in [0.2, 0.25) is 0 Å². The first-order valence-corrected chi connectivity index (χ1v) is 6.62. The molecule has 1 unspecified atom stereocenters. The van der Waals surface area contributed by atoms with Gasteiger partial charge in [-0.2, -0.15) is 0 Å². The van der Waals surface area contributed by atoms with Gasteiger partial charge in [-0.05, 0) is 36.6 Å². The van der Waals surface area contributed by atoms with Crippen molar-refractivity contribution in [3.63, 3.8) is 0 Å². The Balaban J connectivity index is 1.93. The minimum absolute atomic E-state index is 0.0639. The quantitative estimate of drug-likeness (QED) is 0.563. The highest BCUT2D eigenvalue weighted by molar-refractivity contribution is 5.81. The van der Waals surface area contributed by atoms with Crippen molar-refractivity contribution in [2.45, 2.75) is 19.4 Å². The Morgan fingerprint density at radius 1 is 1.30 bits per heavy atom. The van der Waals surface area contributed by atoms with Gasteiger partial charge in [0, 0.05) is 17.8 Å². The fourth-order valence-corrected chi connectivity index (χ4v) is 2.40. The lowest BCUT2D eigenvalue weighted by Gasteiger charge is -2.12. The van der Waals surface area contributed by atoms with Gasteiger partial charge in [0.25, 0.3) is 0 Å². The van der Waals surface area contributed by atoms with Crippen molar-refractivity contribution in [1.29, 1.82) is 0 Å². The predicted octanol–water partition coefficient (Wildman–Crippen LogP) is 2.88. The van der Waals surface area contributed by atoms with Crippen molar-refractivity contribution in [1.82, 2.24) is 10.4 Å². The first kappa shape index (κ1) is 12.8. The summed E-state index contributed by atoms with van der Waals surface area (Å²) in [5, 5.41) is 1.10. The van der Waals surface area contributed by atoms with Crippen molar-refractivity contribution in [3.05, 3.63) is 65.7 Å². The van der Waals surface area contributed by atoms with Gasteiger partial charge in [-0.3, -0.25) is 10.8 Å². The molecule has 0 amide bonds. The summed E-state index contributed by atoms with van der Waals surface area (Å²) >= 11 is 0. The Bertz CT molecular complexity index is 706. The highest BCUT2D eigenvalue weighted by atomic mass is 16.3. The maximum Gasteiger partial charge on any atom is 0.137 e. The van der Waals surface area contributed by atoms with Gasteiger partial charge in [-0.15, -0.1) is 0 Å². The molecule has 20 heavy (non-hydrogen) atoms. The van der Waals surface area contributed by atoms with Crippen LogP contribution >= 0.6 is 0 Å². The van der Waals surface area contributed by atoms with Gasteiger partial charge in [0.05, 0.1) is 6.04 Å². The fourth-order valence-electron chi connectivity index (χ4n) is 2.40. The molecule has 0 saturated carbocycles. The Morgan fingerprint density at radius 2 is 2.20 bits per heavy atom. The lowest BCUT2D eigenvalue weighted by Crippen LogP contribution is -2.29. The van der Waals surface area contributed by atoms with E-state index in [-0.39, 0.29) is 6.04 Å². The molecule has 0 aliphatic carbocycles. The molecule has 3 aromatic rings. The maximum absolute atomic E-state index is 5.96. The Kier molecular flexibility index (Phi) is 3.50. The molecule has 102 valence electrons. The number of hydrogen-bond acceptors (Lipinski definition) is 4. The van der Waals surface area contributed by atoms with Crippen LogP contribution in [0.5, 0.6) is 0 Å². The van der Waals surface area contributed by atoms with Crippen LogP contribution in [0.25, 0.3) is 11.0 Å². The summed E-state index contributed by atoms with van der Waals surface area (Å²) in [6, 6.07) is 12.1. The molecule has 3 N–H and O–H groups in total. The number of aryl methyl sites for hydroxylation is 1. The van der Waals surface area contributed by atoms with E-state index in [2.05, 4.69) is 10.4 Å². The normalized spacial score (nSPS) is 12.7. The van der Waals surface area contributed by atoms with Crippen LogP contribution in [0, 0.1) is 6.92 Å². The lowest BCUT2D eigenvalue weighted by molar-refractivity contribution is 0.433. The second kappa shape index (κ2) is 5.45. The minimum Gasteiger partial charge on any atom is -0.459 e. The molecular formula is C16H17N3O. The Labute approximate surface area is 117 Å². The lowest BCUT2D eigenvalue weighted by atomic mass is 10.1. The van der Waals surface area contributed by atoms with Crippen LogP contribution in [0.1, 0.15) is 22.9 Å². The summed E-state index contributed by atoms with van der Waals surface area (Å²) in [7, 11) is 0. The number of furan rings is 1. The molecular weight excluding hydrogens is 250 g/mol. The van der Waals surface area contributed by atoms with Gasteiger partial charge >= 0.3 is 0 Å². The summed E-state index contributed by atoms with van der Waals surface area (Å²) in [6.07, 6.45) is 4.35. The number of hydrogen-bond donors (Lipinski definition) is 2. The molecule has 4 heteroatoms. The van der Waals surface area contributed by atoms with E-state index >= 15 is 0 Å². The molecule has 0 aliphatic heterocycles. The zero-order chi connectivity index (χ0) is 13.9. The van der Waals surface area contributed by atoms with Gasteiger partial charge in [0.15, 0.2) is 0 Å². The molecule has 2 aromatic heterocycles. The summed E-state index contributed by atoms with van der Waals surface area (Å²) in [5.74, 6) is 6.53. The van der Waals surface area contributed by atoms with Crippen LogP contribution in [-0.4, -0.2) is 4.98 Å². The molecule has 0 bridgehead atoms. The van der Waals surface area contributed by atoms with Crippen LogP contribution in [-0.2, 0) is 6.42 Å². The number of para-hydroxylation sites is 1. The zero-order valence-corrected chi connectivity index (χ0v) is 11.3. The van der Waals surface area contributed by atoms with Gasteiger partial charge in [0.1, 0.15) is 11.3 Å². The number of nitrogens with one attached hydrogen (secondary N) is 1. The summed E-state index contributed by atoms with van der Waals surface area (Å²) in [4.78, 5) is 4.12. The summed E-state index contributed by atoms with van der Waals surface area (Å²) in [5.41, 5.74) is 6.00. The van der Waals surface area contributed by atoms with Crippen LogP contribution in [0.2, 0.25) is 0 Å². The van der Waals surface area contributed by atoms with Crippen LogP contribution in [0.4, 0.5) is 0 Å². The molecule has 0 aliphatic rings. The number of hydrazine groups is 1. The van der Waals surface area contributed by atoms with Crippen LogP contribution in [0.3, 0.4) is 0 Å². The number of fused-ring (bicyclic) bond motifs is 1. The average molecular weight is 267 g/mol. The number of nitrogens with two attached hydrogens (primary N) is 1. The van der Waals surface area contributed by atoms with E-state index < -0.39 is 0 Å². The minimum atomic E-state index is -0.0639. The number of nitrogens with zero attached hydrogens (tertiary/aromatic N) is 1. The molecule has 3 rings (SSSR count). The predicted molar refractivity (Wildman–Crippen MR) is 79.0 cm³/mol. The highest BCUT2D eigenvalue weighted by Gasteiger charge is 2.16. The molecule has 1 atom stereocenters. The largest absolute Gasteiger partial charge is 0.459 e. The highest BCUT2D eigenvalue weighted by Crippen LogP contribution is 2.27. The third kappa shape index (κ3) is 2.43. The van der Waals surface area contributed by atoms with Crippen molar-refractivity contribution in [2.75, 3.05) is 0 Å². The average Bonchev–Trinajstić information content (AvgIpc) is 2.91. The topological polar surface area (TPSA) is 64.1 Å². The Morgan fingerprint density at radius 3 is 2.90 bits per heavy atom. The number of pyridine rings is 1. The van der Waals surface area contributed by atoms with E-state index in [9.17, 15) is 0 Å². The zero-order valence-electron chi connectivity index (χ0n) is 11.3. The fraction of sp³-hybridized carbons (Fsp3) is 0.188. The monoisotopic (exact) mass is 267 g/mol. The SMILES string of the molecule is Cc1cccc2cc(C(Cc3cccnc3)NN)oc12. The Hall–Kier alpha value is -2.17. The molecule has 2 heterocycles. The van der Waals surface area contributed by atoms with E-state index in [4.69, 9.17) is 10.3 Å². The van der Waals surface area contributed by atoms with E-state index in [1.54, 1.807) is 6.20 Å². The van der Waals surface area contributed by atoms with Gasteiger partial charge in [-0.1, -0.05) is 24.3 Å². The van der Waals surface area contributed by atoms with E-state index in [0.29, 0.717) is 0 Å². The smallest absolute Gasteiger partial charge is 0.137 e. The second-order valence-electron chi connectivity index (χ2n) is 4.93. The van der Waals surface area contributed by atoms with Crippen molar-refractivity contribution in [2.24, 2.45) is 5.84 Å². The van der Waals surface area contributed by atoms with Crippen molar-refractivity contribution < 1.29 is 4.42 Å². The standard InChI is InChI=1S/C16H17N3O/c1-11-4-2-6-13-9-15(20-16(11)13)14(19-17)8-12-5-3-7-18-10-12/h2-7,9-10,14,19H,8,17H2,1H3. The second-order valence-corrected chi connectivity index (χ2v) is 4.93. The van der Waals surface area contributed by atoms with Crippen LogP contribution < -0.4 is 11.3 Å². The number of aromatic nitrogens is 1. The first-order chi connectivity index (χ1) is 9.78. The van der Waals surface area contributed by atoms with Gasteiger partial charge in [-0.25, -0.2) is 5.43 Å². The number of benzene rings is 1. The summed E-state index contributed by atoms with van der Waals surface area (Å²) < 4.78 is 5.96. The first-order valence-electron chi connectivity index (χ1n) is 6.62. The molecule has 1 aromatic carbocycles. The van der Waals surface area contributed by atoms with E-state index in [1.165, 1.54) is 0 Å². The van der Waals surface area contributed by atoms with Crippen molar-refractivity contribution in [3.8, 4) is 0 Å². The number of rotatable bonds is 4. The van der Waals surface area contributed by atoms with Gasteiger partial charge < -0.3 is 4.42 Å². The van der Waals surface area contributed by atoms with E-state index in [0.717, 1.165) is 34.3 Å². The van der Waals surface area contributed by atoms with E-state index in [1.807, 2.05) is 49.5 Å². The van der Waals surface area contributed by atoms with Crippen molar-refractivity contribution >= 4 is 11.0 Å². The molecule has 4 nitrogen and oxygen atoms in total.